The van der Waals surface area contributed by atoms with E-state index in [9.17, 15) is 43.2 Å². The summed E-state index contributed by atoms with van der Waals surface area (Å²) >= 11 is 0. The fourth-order valence-electron chi connectivity index (χ4n) is 10.4. The minimum Gasteiger partial charge on any atom is -0.462 e. The van der Waals surface area contributed by atoms with E-state index < -0.39 is 97.5 Å². The van der Waals surface area contributed by atoms with Crippen LogP contribution in [0.15, 0.2) is 0 Å². The van der Waals surface area contributed by atoms with Crippen LogP contribution < -0.4 is 0 Å². The number of ether oxygens (including phenoxy) is 4. The highest BCUT2D eigenvalue weighted by Crippen LogP contribution is 2.45. The summed E-state index contributed by atoms with van der Waals surface area (Å²) in [5.41, 5.74) is 0. The van der Waals surface area contributed by atoms with Crippen molar-refractivity contribution in [3.05, 3.63) is 0 Å². The molecule has 2 unspecified atom stereocenters. The fourth-order valence-corrected chi connectivity index (χ4v) is 12.0. The topological polar surface area (TPSA) is 237 Å². The van der Waals surface area contributed by atoms with Gasteiger partial charge < -0.3 is 33.8 Å². The molecular formula is C69H134O17P2. The van der Waals surface area contributed by atoms with Crippen LogP contribution in [0.3, 0.4) is 0 Å². The normalized spacial score (nSPS) is 14.2. The van der Waals surface area contributed by atoms with Gasteiger partial charge in [-0.15, -0.1) is 0 Å². The molecule has 0 aliphatic heterocycles. The first-order valence-corrected chi connectivity index (χ1v) is 39.0. The van der Waals surface area contributed by atoms with Gasteiger partial charge in [-0.2, -0.15) is 0 Å². The maximum Gasteiger partial charge on any atom is 0.472 e. The molecule has 0 saturated heterocycles. The van der Waals surface area contributed by atoms with Crippen LogP contribution in [0.4, 0.5) is 0 Å². The Hall–Kier alpha value is -1.94. The third kappa shape index (κ3) is 62.8. The number of aliphatic hydroxyl groups excluding tert-OH is 1. The van der Waals surface area contributed by atoms with Gasteiger partial charge in [-0.3, -0.25) is 37.3 Å². The first-order chi connectivity index (χ1) is 42.4. The lowest BCUT2D eigenvalue weighted by atomic mass is 10.0. The lowest BCUT2D eigenvalue weighted by molar-refractivity contribution is -0.161. The van der Waals surface area contributed by atoms with Crippen LogP contribution in [-0.2, 0) is 65.4 Å². The molecule has 0 radical (unpaired) electrons. The van der Waals surface area contributed by atoms with Gasteiger partial charge >= 0.3 is 39.5 Å². The molecular weight excluding hydrogens is 1160 g/mol. The number of esters is 4. The van der Waals surface area contributed by atoms with Crippen molar-refractivity contribution in [2.24, 2.45) is 11.8 Å². The van der Waals surface area contributed by atoms with E-state index in [1.807, 2.05) is 0 Å². The molecule has 0 fully saturated rings. The molecule has 0 aliphatic carbocycles. The van der Waals surface area contributed by atoms with E-state index in [4.69, 9.17) is 37.0 Å². The first kappa shape index (κ1) is 86.1. The van der Waals surface area contributed by atoms with Gasteiger partial charge in [-0.05, 0) is 37.5 Å². The van der Waals surface area contributed by atoms with Crippen LogP contribution in [0.1, 0.15) is 350 Å². The Balaban J connectivity index is 5.21. The maximum atomic E-state index is 13.0. The molecule has 0 aliphatic rings. The number of hydrogen-bond donors (Lipinski definition) is 3. The lowest BCUT2D eigenvalue weighted by Crippen LogP contribution is -2.30. The van der Waals surface area contributed by atoms with Crippen LogP contribution in [0.5, 0.6) is 0 Å². The molecule has 88 heavy (non-hydrogen) atoms. The Morgan fingerprint density at radius 2 is 0.523 bits per heavy atom. The lowest BCUT2D eigenvalue weighted by Gasteiger charge is -2.21. The number of carbonyl (C=O) groups excluding carboxylic acids is 4. The largest absolute Gasteiger partial charge is 0.472 e. The van der Waals surface area contributed by atoms with Gasteiger partial charge in [0.15, 0.2) is 12.2 Å². The zero-order valence-corrected chi connectivity index (χ0v) is 58.8. The Kier molecular flexibility index (Phi) is 59.9. The Bertz CT molecular complexity index is 1720. The number of aliphatic hydroxyl groups is 1. The minimum atomic E-state index is -4.95. The van der Waals surface area contributed by atoms with Gasteiger partial charge in [0.05, 0.1) is 26.4 Å². The number of rotatable bonds is 68. The molecule has 0 aromatic rings. The van der Waals surface area contributed by atoms with Gasteiger partial charge in [0.25, 0.3) is 0 Å². The third-order valence-electron chi connectivity index (χ3n) is 16.0. The van der Waals surface area contributed by atoms with Crippen LogP contribution in [-0.4, -0.2) is 96.7 Å². The highest BCUT2D eigenvalue weighted by Gasteiger charge is 2.30. The van der Waals surface area contributed by atoms with Crippen molar-refractivity contribution in [1.82, 2.24) is 0 Å². The highest BCUT2D eigenvalue weighted by atomic mass is 31.2. The van der Waals surface area contributed by atoms with Crippen molar-refractivity contribution >= 4 is 39.5 Å². The van der Waals surface area contributed by atoms with Crippen molar-refractivity contribution < 1.29 is 80.2 Å². The molecule has 0 aromatic heterocycles. The fraction of sp³-hybridized carbons (Fsp3) is 0.942. The number of unbranched alkanes of at least 4 members (excludes halogenated alkanes) is 38. The average molecular weight is 1300 g/mol. The smallest absolute Gasteiger partial charge is 0.462 e. The molecule has 0 bridgehead atoms. The van der Waals surface area contributed by atoms with E-state index in [-0.39, 0.29) is 25.7 Å². The summed E-state index contributed by atoms with van der Waals surface area (Å²) in [5, 5.41) is 10.6. The predicted molar refractivity (Wildman–Crippen MR) is 354 cm³/mol. The molecule has 0 amide bonds. The highest BCUT2D eigenvalue weighted by molar-refractivity contribution is 7.47. The Morgan fingerprint density at radius 3 is 0.773 bits per heavy atom. The van der Waals surface area contributed by atoms with Crippen LogP contribution in [0, 0.1) is 11.8 Å². The summed E-state index contributed by atoms with van der Waals surface area (Å²) in [4.78, 5) is 72.4. The molecule has 0 spiro atoms. The summed E-state index contributed by atoms with van der Waals surface area (Å²) in [5.74, 6) is -0.665. The van der Waals surface area contributed by atoms with Crippen molar-refractivity contribution in [3.8, 4) is 0 Å². The van der Waals surface area contributed by atoms with E-state index in [1.54, 1.807) is 0 Å². The first-order valence-electron chi connectivity index (χ1n) is 36.0. The molecule has 522 valence electrons. The zero-order valence-electron chi connectivity index (χ0n) is 57.0. The average Bonchev–Trinajstić information content (AvgIpc) is 3.69. The summed E-state index contributed by atoms with van der Waals surface area (Å²) in [6.45, 7) is 9.46. The van der Waals surface area contributed by atoms with E-state index in [0.29, 0.717) is 31.6 Å². The molecule has 0 aromatic carbocycles. The summed E-state index contributed by atoms with van der Waals surface area (Å²) < 4.78 is 68.2. The third-order valence-corrected chi connectivity index (χ3v) is 17.9. The number of phosphoric ester groups is 2. The number of phosphoric acid groups is 2. The summed E-state index contributed by atoms with van der Waals surface area (Å²) in [6, 6.07) is 0. The van der Waals surface area contributed by atoms with Gasteiger partial charge in [-0.25, -0.2) is 9.13 Å². The molecule has 5 atom stereocenters. The van der Waals surface area contributed by atoms with Crippen molar-refractivity contribution in [2.75, 3.05) is 39.6 Å². The SMILES string of the molecule is CCCCCCCCCCCCCCCC(=O)OC[C@H](COP(=O)(O)OC[C@@H](O)COP(=O)(O)OC[C@@H](COC(=O)CCCCCCCCCCC)OC(=O)CCCCCCCCC(C)C)OC(=O)CCCCCCCCCCCCCCCCC(C)C. The van der Waals surface area contributed by atoms with Gasteiger partial charge in [0.1, 0.15) is 19.3 Å². The molecule has 0 saturated carbocycles. The molecule has 19 heteroatoms. The Morgan fingerprint density at radius 1 is 0.307 bits per heavy atom. The summed E-state index contributed by atoms with van der Waals surface area (Å²) in [6.07, 6.45) is 45.9. The van der Waals surface area contributed by atoms with E-state index in [1.165, 1.54) is 167 Å². The maximum absolute atomic E-state index is 13.0. The second kappa shape index (κ2) is 61.3. The number of hydrogen-bond acceptors (Lipinski definition) is 15. The van der Waals surface area contributed by atoms with Gasteiger partial charge in [-0.1, -0.05) is 298 Å². The van der Waals surface area contributed by atoms with Crippen molar-refractivity contribution in [3.63, 3.8) is 0 Å². The van der Waals surface area contributed by atoms with Crippen LogP contribution in [0.2, 0.25) is 0 Å². The molecule has 17 nitrogen and oxygen atoms in total. The second-order valence-electron chi connectivity index (χ2n) is 25.9. The standard InChI is InChI=1S/C69H134O17P2/c1-7-9-11-13-15-17-18-21-25-29-33-40-46-52-67(72)80-57-64(85-68(73)53-47-41-34-30-26-23-20-19-22-24-28-31-37-43-49-61(3)4)59-83-87(75,76)81-55-63(70)56-82-88(77,78)84-60-65(86-69(74)54-48-42-36-35-38-44-50-62(5)6)58-79-66(71)51-45-39-32-27-16-14-12-10-8-2/h61-65,70H,7-60H2,1-6H3,(H,75,76)(H,77,78)/t63-,64-,65-/m1/s1. The molecule has 0 heterocycles. The van der Waals surface area contributed by atoms with Crippen LogP contribution in [0.25, 0.3) is 0 Å². The van der Waals surface area contributed by atoms with E-state index in [2.05, 4.69) is 41.5 Å². The predicted octanol–water partition coefficient (Wildman–Crippen LogP) is 19.6. The van der Waals surface area contributed by atoms with E-state index in [0.717, 1.165) is 95.8 Å². The van der Waals surface area contributed by atoms with Gasteiger partial charge in [0, 0.05) is 25.7 Å². The zero-order chi connectivity index (χ0) is 65.0. The summed E-state index contributed by atoms with van der Waals surface area (Å²) in [7, 11) is -9.89. The minimum absolute atomic E-state index is 0.102. The van der Waals surface area contributed by atoms with E-state index >= 15 is 0 Å². The second-order valence-corrected chi connectivity index (χ2v) is 28.8. The van der Waals surface area contributed by atoms with Crippen molar-refractivity contribution in [2.45, 2.75) is 368 Å². The Labute approximate surface area is 537 Å². The quantitative estimate of drug-likeness (QED) is 0.0222. The molecule has 0 rings (SSSR count). The number of carbonyl (C=O) groups is 4. The molecule has 3 N–H and O–H groups in total. The van der Waals surface area contributed by atoms with Gasteiger partial charge in [0.2, 0.25) is 0 Å². The van der Waals surface area contributed by atoms with Crippen molar-refractivity contribution in [1.29, 1.82) is 0 Å². The monoisotopic (exact) mass is 1300 g/mol. The van der Waals surface area contributed by atoms with Crippen LogP contribution >= 0.6 is 15.6 Å².